The Morgan fingerprint density at radius 2 is 1.77 bits per heavy atom. The summed E-state index contributed by atoms with van der Waals surface area (Å²) in [6, 6.07) is 21.3. The molecule has 3 nitrogen and oxygen atoms in total. The molecule has 126 valence electrons. The first-order chi connectivity index (χ1) is 12.8. The van der Waals surface area contributed by atoms with Crippen molar-refractivity contribution in [1.29, 1.82) is 0 Å². The first kappa shape index (κ1) is 15.1. The van der Waals surface area contributed by atoms with Gasteiger partial charge >= 0.3 is 0 Å². The Morgan fingerprint density at radius 3 is 2.58 bits per heavy atom. The van der Waals surface area contributed by atoms with E-state index >= 15 is 0 Å². The van der Waals surface area contributed by atoms with E-state index < -0.39 is 0 Å². The lowest BCUT2D eigenvalue weighted by Crippen LogP contribution is -2.34. The van der Waals surface area contributed by atoms with Crippen LogP contribution in [0.5, 0.6) is 0 Å². The Morgan fingerprint density at radius 1 is 0.923 bits per heavy atom. The van der Waals surface area contributed by atoms with Gasteiger partial charge < -0.3 is 0 Å². The zero-order chi connectivity index (χ0) is 17.5. The van der Waals surface area contributed by atoms with Crippen LogP contribution in [0.2, 0.25) is 0 Å². The Hall–Kier alpha value is -3.20. The molecular weight excluding hydrogens is 318 g/mol. The molecule has 0 spiro atoms. The van der Waals surface area contributed by atoms with Crippen molar-refractivity contribution in [3.8, 4) is 0 Å². The topological polar surface area (TPSA) is 37.3 Å². The molecule has 3 heteroatoms. The molecule has 3 aromatic rings. The molecule has 2 aromatic carbocycles. The minimum Gasteiger partial charge on any atom is -0.278 e. The number of aromatic nitrogens is 1. The van der Waals surface area contributed by atoms with Crippen molar-refractivity contribution in [3.63, 3.8) is 0 Å². The van der Waals surface area contributed by atoms with E-state index in [1.165, 1.54) is 22.3 Å². The molecule has 5 rings (SSSR count). The fraction of sp³-hybridized carbons (Fsp3) is 0.130. The SMILES string of the molecule is C=C1NN=C2c3c(cccc31)CC(c1cccnc1)C2c1ccccc1. The van der Waals surface area contributed by atoms with Gasteiger partial charge in [0.1, 0.15) is 0 Å². The molecule has 1 aliphatic heterocycles. The highest BCUT2D eigenvalue weighted by Crippen LogP contribution is 2.45. The molecule has 1 aromatic heterocycles. The monoisotopic (exact) mass is 337 g/mol. The van der Waals surface area contributed by atoms with Gasteiger partial charge in [-0.25, -0.2) is 0 Å². The second-order valence-electron chi connectivity index (χ2n) is 6.91. The summed E-state index contributed by atoms with van der Waals surface area (Å²) < 4.78 is 0. The van der Waals surface area contributed by atoms with Crippen LogP contribution in [0.1, 0.15) is 39.7 Å². The van der Waals surface area contributed by atoms with E-state index in [9.17, 15) is 0 Å². The summed E-state index contributed by atoms with van der Waals surface area (Å²) in [6.07, 6.45) is 4.80. The molecule has 26 heavy (non-hydrogen) atoms. The Kier molecular flexibility index (Phi) is 3.45. The standard InChI is InChI=1S/C23H19N3/c1-15-19-11-5-9-17-13-20(18-10-6-12-24-14-18)21(16-7-3-2-4-8-16)23(22(17)19)26-25-15/h2-12,14,20-21,25H,1,13H2. The molecule has 0 saturated carbocycles. The third-order valence-electron chi connectivity index (χ3n) is 5.45. The van der Waals surface area contributed by atoms with Gasteiger partial charge in [-0.3, -0.25) is 10.4 Å². The summed E-state index contributed by atoms with van der Waals surface area (Å²) in [6.45, 7) is 4.14. The summed E-state index contributed by atoms with van der Waals surface area (Å²) >= 11 is 0. The number of pyridine rings is 1. The molecule has 0 bridgehead atoms. The molecular formula is C23H19N3. The molecule has 2 unspecified atom stereocenters. The van der Waals surface area contributed by atoms with Crippen molar-refractivity contribution in [2.75, 3.05) is 0 Å². The summed E-state index contributed by atoms with van der Waals surface area (Å²) in [5, 5.41) is 4.76. The highest BCUT2D eigenvalue weighted by Gasteiger charge is 2.38. The second kappa shape index (κ2) is 5.95. The molecule has 2 aliphatic rings. The Labute approximate surface area is 153 Å². The van der Waals surface area contributed by atoms with Gasteiger partial charge in [-0.2, -0.15) is 5.10 Å². The van der Waals surface area contributed by atoms with Gasteiger partial charge in [0, 0.05) is 35.4 Å². The third-order valence-corrected chi connectivity index (χ3v) is 5.45. The third kappa shape index (κ3) is 2.28. The van der Waals surface area contributed by atoms with Gasteiger partial charge in [0.2, 0.25) is 0 Å². The smallest absolute Gasteiger partial charge is 0.0769 e. The van der Waals surface area contributed by atoms with E-state index in [2.05, 4.69) is 71.6 Å². The van der Waals surface area contributed by atoms with Crippen LogP contribution in [0.25, 0.3) is 5.70 Å². The van der Waals surface area contributed by atoms with Crippen molar-refractivity contribution in [2.24, 2.45) is 5.10 Å². The van der Waals surface area contributed by atoms with E-state index in [1.54, 1.807) is 0 Å². The fourth-order valence-corrected chi connectivity index (χ4v) is 4.29. The van der Waals surface area contributed by atoms with Gasteiger partial charge in [0.25, 0.3) is 0 Å². The van der Waals surface area contributed by atoms with Crippen LogP contribution in [0, 0.1) is 0 Å². The number of nitrogens with zero attached hydrogens (tertiary/aromatic N) is 2. The minimum atomic E-state index is 0.189. The number of hydrogen-bond donors (Lipinski definition) is 1. The fourth-order valence-electron chi connectivity index (χ4n) is 4.29. The zero-order valence-corrected chi connectivity index (χ0v) is 14.4. The van der Waals surface area contributed by atoms with Crippen LogP contribution in [0.15, 0.2) is 84.7 Å². The lowest BCUT2D eigenvalue weighted by molar-refractivity contribution is 0.614. The number of benzene rings is 2. The van der Waals surface area contributed by atoms with Crippen LogP contribution in [-0.4, -0.2) is 10.7 Å². The van der Waals surface area contributed by atoms with Crippen LogP contribution in [-0.2, 0) is 6.42 Å². The van der Waals surface area contributed by atoms with E-state index in [0.29, 0.717) is 5.92 Å². The van der Waals surface area contributed by atoms with E-state index in [4.69, 9.17) is 5.10 Å². The second-order valence-corrected chi connectivity index (χ2v) is 6.91. The quantitative estimate of drug-likeness (QED) is 0.748. The predicted molar refractivity (Wildman–Crippen MR) is 105 cm³/mol. The van der Waals surface area contributed by atoms with Crippen LogP contribution in [0.4, 0.5) is 0 Å². The average Bonchev–Trinajstić information content (AvgIpc) is 2.71. The normalized spacial score (nSPS) is 20.8. The van der Waals surface area contributed by atoms with E-state index in [1.807, 2.05) is 18.5 Å². The molecule has 0 saturated heterocycles. The lowest BCUT2D eigenvalue weighted by Gasteiger charge is -2.37. The first-order valence-electron chi connectivity index (χ1n) is 8.93. The van der Waals surface area contributed by atoms with Gasteiger partial charge in [-0.1, -0.05) is 61.2 Å². The van der Waals surface area contributed by atoms with Crippen molar-refractivity contribution in [2.45, 2.75) is 18.3 Å². The van der Waals surface area contributed by atoms with E-state index in [-0.39, 0.29) is 5.92 Å². The molecule has 0 radical (unpaired) electrons. The maximum atomic E-state index is 4.76. The summed E-state index contributed by atoms with van der Waals surface area (Å²) in [4.78, 5) is 4.37. The Bertz CT molecular complexity index is 1010. The van der Waals surface area contributed by atoms with Crippen molar-refractivity contribution in [3.05, 3.63) is 107 Å². The number of rotatable bonds is 2. The molecule has 2 heterocycles. The van der Waals surface area contributed by atoms with Crippen LogP contribution < -0.4 is 5.43 Å². The number of nitrogens with one attached hydrogen (secondary N) is 1. The highest BCUT2D eigenvalue weighted by atomic mass is 15.3. The lowest BCUT2D eigenvalue weighted by atomic mass is 9.68. The maximum Gasteiger partial charge on any atom is 0.0769 e. The summed E-state index contributed by atoms with van der Waals surface area (Å²) in [5.41, 5.74) is 11.4. The summed E-state index contributed by atoms with van der Waals surface area (Å²) in [7, 11) is 0. The van der Waals surface area contributed by atoms with Crippen molar-refractivity contribution in [1.82, 2.24) is 10.4 Å². The largest absolute Gasteiger partial charge is 0.278 e. The molecule has 0 fully saturated rings. The van der Waals surface area contributed by atoms with Gasteiger partial charge in [0.15, 0.2) is 0 Å². The average molecular weight is 337 g/mol. The van der Waals surface area contributed by atoms with Crippen molar-refractivity contribution < 1.29 is 0 Å². The predicted octanol–water partition coefficient (Wildman–Crippen LogP) is 4.48. The van der Waals surface area contributed by atoms with Gasteiger partial charge in [-0.05, 0) is 29.2 Å². The molecule has 1 N–H and O–H groups in total. The van der Waals surface area contributed by atoms with Crippen LogP contribution >= 0.6 is 0 Å². The van der Waals surface area contributed by atoms with Crippen LogP contribution in [0.3, 0.4) is 0 Å². The van der Waals surface area contributed by atoms with Gasteiger partial charge in [-0.15, -0.1) is 0 Å². The molecule has 0 amide bonds. The van der Waals surface area contributed by atoms with Gasteiger partial charge in [0.05, 0.1) is 11.4 Å². The molecule has 1 aliphatic carbocycles. The Balaban J connectivity index is 1.75. The molecule has 2 atom stereocenters. The zero-order valence-electron chi connectivity index (χ0n) is 14.4. The highest BCUT2D eigenvalue weighted by molar-refractivity contribution is 6.12. The van der Waals surface area contributed by atoms with E-state index in [0.717, 1.165) is 23.4 Å². The first-order valence-corrected chi connectivity index (χ1v) is 8.93. The number of hydrogen-bond acceptors (Lipinski definition) is 3. The maximum absolute atomic E-state index is 4.76. The summed E-state index contributed by atoms with van der Waals surface area (Å²) in [5.74, 6) is 0.496. The van der Waals surface area contributed by atoms with Crippen molar-refractivity contribution >= 4 is 11.4 Å². The number of hydrazone groups is 1. The minimum absolute atomic E-state index is 0.189.